The van der Waals surface area contributed by atoms with Crippen LogP contribution >= 0.6 is 24.0 Å². The highest BCUT2D eigenvalue weighted by atomic mass is 35.5. The van der Waals surface area contributed by atoms with Gasteiger partial charge in [-0.2, -0.15) is 4.98 Å². The number of carbonyl (C=O) groups excluding carboxylic acids is 1. The standard InChI is InChI=1S/C21H21ClN4O2.ClH/c22-16-8-6-15(7-9-16)21-24-19(28-25-21)10-11-20(27)26-12-17(18(23)13-26)14-4-2-1-3-5-14;/h1-9,17-18H,10-13,23H2;1H/t17-,18+;/m0./s1. The summed E-state index contributed by atoms with van der Waals surface area (Å²) in [6.07, 6.45) is 0.720. The molecule has 1 amide bonds. The van der Waals surface area contributed by atoms with Gasteiger partial charge in [-0.1, -0.05) is 47.1 Å². The predicted molar refractivity (Wildman–Crippen MR) is 114 cm³/mol. The van der Waals surface area contributed by atoms with Crippen molar-refractivity contribution in [3.8, 4) is 11.4 Å². The SMILES string of the molecule is Cl.N[C@@H]1CN(C(=O)CCc2nc(-c3ccc(Cl)cc3)no2)C[C@H]1c1ccccc1. The van der Waals surface area contributed by atoms with E-state index >= 15 is 0 Å². The minimum atomic E-state index is -0.0498. The summed E-state index contributed by atoms with van der Waals surface area (Å²) in [5.41, 5.74) is 8.28. The molecule has 1 fully saturated rings. The molecule has 6 nitrogen and oxygen atoms in total. The molecule has 1 aliphatic rings. The van der Waals surface area contributed by atoms with Gasteiger partial charge in [0.1, 0.15) is 0 Å². The maximum Gasteiger partial charge on any atom is 0.227 e. The average Bonchev–Trinajstić information content (AvgIpc) is 3.34. The van der Waals surface area contributed by atoms with Gasteiger partial charge in [-0.25, -0.2) is 0 Å². The van der Waals surface area contributed by atoms with E-state index in [-0.39, 0.29) is 30.3 Å². The Morgan fingerprint density at radius 2 is 1.86 bits per heavy atom. The molecule has 1 aliphatic heterocycles. The van der Waals surface area contributed by atoms with Crippen molar-refractivity contribution in [2.75, 3.05) is 13.1 Å². The van der Waals surface area contributed by atoms with Crippen LogP contribution in [0.15, 0.2) is 59.1 Å². The first-order valence-corrected chi connectivity index (χ1v) is 9.65. The molecular weight excluding hydrogens is 411 g/mol. The maximum atomic E-state index is 12.6. The molecule has 2 atom stereocenters. The largest absolute Gasteiger partial charge is 0.340 e. The summed E-state index contributed by atoms with van der Waals surface area (Å²) in [7, 11) is 0. The first-order valence-electron chi connectivity index (χ1n) is 9.27. The molecule has 0 saturated carbocycles. The fraction of sp³-hybridized carbons (Fsp3) is 0.286. The number of carbonyl (C=O) groups is 1. The topological polar surface area (TPSA) is 85.2 Å². The quantitative estimate of drug-likeness (QED) is 0.663. The predicted octanol–water partition coefficient (Wildman–Crippen LogP) is 3.70. The second-order valence-electron chi connectivity index (χ2n) is 7.00. The van der Waals surface area contributed by atoms with Crippen molar-refractivity contribution in [1.29, 1.82) is 0 Å². The Balaban J connectivity index is 0.00000240. The molecule has 2 aromatic carbocycles. The lowest BCUT2D eigenvalue weighted by atomic mass is 9.95. The van der Waals surface area contributed by atoms with Gasteiger partial charge in [0.05, 0.1) is 0 Å². The fourth-order valence-corrected chi connectivity index (χ4v) is 3.66. The van der Waals surface area contributed by atoms with Gasteiger partial charge in [-0.15, -0.1) is 12.4 Å². The first kappa shape index (κ1) is 21.3. The molecule has 0 aliphatic carbocycles. The van der Waals surface area contributed by atoms with Crippen LogP contribution in [0.4, 0.5) is 0 Å². The Kier molecular flexibility index (Phi) is 6.90. The van der Waals surface area contributed by atoms with Crippen molar-refractivity contribution in [3.63, 3.8) is 0 Å². The summed E-state index contributed by atoms with van der Waals surface area (Å²) >= 11 is 5.90. The number of rotatable bonds is 5. The summed E-state index contributed by atoms with van der Waals surface area (Å²) in [6, 6.07) is 17.3. The van der Waals surface area contributed by atoms with E-state index in [1.165, 1.54) is 5.56 Å². The number of hydrogen-bond donors (Lipinski definition) is 1. The molecule has 29 heavy (non-hydrogen) atoms. The molecule has 1 saturated heterocycles. The van der Waals surface area contributed by atoms with Crippen LogP contribution < -0.4 is 5.73 Å². The zero-order valence-electron chi connectivity index (χ0n) is 15.7. The summed E-state index contributed by atoms with van der Waals surface area (Å²) < 4.78 is 5.28. The average molecular weight is 433 g/mol. The number of likely N-dealkylation sites (tertiary alicyclic amines) is 1. The highest BCUT2D eigenvalue weighted by Gasteiger charge is 2.33. The number of aryl methyl sites for hydroxylation is 1. The van der Waals surface area contributed by atoms with Gasteiger partial charge in [0.2, 0.25) is 17.6 Å². The number of hydrogen-bond acceptors (Lipinski definition) is 5. The smallest absolute Gasteiger partial charge is 0.227 e. The van der Waals surface area contributed by atoms with Gasteiger partial charge in [0.25, 0.3) is 0 Å². The van der Waals surface area contributed by atoms with Crippen LogP contribution in [0.1, 0.15) is 23.8 Å². The summed E-state index contributed by atoms with van der Waals surface area (Å²) in [5, 5.41) is 4.63. The van der Waals surface area contributed by atoms with Crippen molar-refractivity contribution in [2.45, 2.75) is 24.8 Å². The van der Waals surface area contributed by atoms with E-state index in [0.29, 0.717) is 42.7 Å². The second kappa shape index (κ2) is 9.39. The second-order valence-corrected chi connectivity index (χ2v) is 7.43. The third-order valence-electron chi connectivity index (χ3n) is 5.07. The summed E-state index contributed by atoms with van der Waals surface area (Å²) in [5.74, 6) is 1.16. The van der Waals surface area contributed by atoms with Crippen molar-refractivity contribution in [1.82, 2.24) is 15.0 Å². The highest BCUT2D eigenvalue weighted by molar-refractivity contribution is 6.30. The number of nitrogens with two attached hydrogens (primary N) is 1. The number of halogens is 2. The van der Waals surface area contributed by atoms with Gasteiger partial charge in [-0.3, -0.25) is 4.79 Å². The van der Waals surface area contributed by atoms with Crippen LogP contribution in [0.25, 0.3) is 11.4 Å². The van der Waals surface area contributed by atoms with E-state index < -0.39 is 0 Å². The Hall–Kier alpha value is -2.41. The lowest BCUT2D eigenvalue weighted by Gasteiger charge is -2.16. The Morgan fingerprint density at radius 1 is 1.14 bits per heavy atom. The van der Waals surface area contributed by atoms with Gasteiger partial charge < -0.3 is 15.2 Å². The Bertz CT molecular complexity index is 947. The zero-order chi connectivity index (χ0) is 19.5. The molecule has 0 radical (unpaired) electrons. The summed E-state index contributed by atoms with van der Waals surface area (Å²) in [4.78, 5) is 18.8. The van der Waals surface area contributed by atoms with E-state index in [1.807, 2.05) is 35.2 Å². The Morgan fingerprint density at radius 3 is 2.59 bits per heavy atom. The molecule has 1 aromatic heterocycles. The van der Waals surface area contributed by atoms with Crippen LogP contribution in [0.3, 0.4) is 0 Å². The number of nitrogens with zero attached hydrogens (tertiary/aromatic N) is 3. The normalized spacial score (nSPS) is 18.5. The molecule has 4 rings (SSSR count). The van der Waals surface area contributed by atoms with Crippen LogP contribution in [0.5, 0.6) is 0 Å². The van der Waals surface area contributed by atoms with E-state index in [2.05, 4.69) is 22.3 Å². The third-order valence-corrected chi connectivity index (χ3v) is 5.32. The van der Waals surface area contributed by atoms with Gasteiger partial charge in [0, 0.05) is 48.5 Å². The minimum Gasteiger partial charge on any atom is -0.340 e. The van der Waals surface area contributed by atoms with Crippen molar-refractivity contribution < 1.29 is 9.32 Å². The molecular formula is C21H22Cl2N4O2. The molecule has 0 unspecified atom stereocenters. The molecule has 2 N–H and O–H groups in total. The molecule has 3 aromatic rings. The lowest BCUT2D eigenvalue weighted by Crippen LogP contribution is -2.32. The third kappa shape index (κ3) is 4.96. The lowest BCUT2D eigenvalue weighted by molar-refractivity contribution is -0.130. The number of amides is 1. The zero-order valence-corrected chi connectivity index (χ0v) is 17.3. The van der Waals surface area contributed by atoms with Gasteiger partial charge >= 0.3 is 0 Å². The summed E-state index contributed by atoms with van der Waals surface area (Å²) in [6.45, 7) is 1.21. The monoisotopic (exact) mass is 432 g/mol. The van der Waals surface area contributed by atoms with Crippen LogP contribution in [-0.4, -0.2) is 40.1 Å². The van der Waals surface area contributed by atoms with E-state index in [0.717, 1.165) is 5.56 Å². The van der Waals surface area contributed by atoms with Crippen molar-refractivity contribution >= 4 is 29.9 Å². The minimum absolute atomic E-state index is 0. The maximum absolute atomic E-state index is 12.6. The fourth-order valence-electron chi connectivity index (χ4n) is 3.53. The van der Waals surface area contributed by atoms with Crippen molar-refractivity contribution in [2.24, 2.45) is 5.73 Å². The van der Waals surface area contributed by atoms with E-state index in [4.69, 9.17) is 21.9 Å². The molecule has 0 bridgehead atoms. The van der Waals surface area contributed by atoms with Crippen molar-refractivity contribution in [3.05, 3.63) is 71.1 Å². The number of aromatic nitrogens is 2. The van der Waals surface area contributed by atoms with Crippen LogP contribution in [0.2, 0.25) is 5.02 Å². The molecule has 2 heterocycles. The molecule has 8 heteroatoms. The highest BCUT2D eigenvalue weighted by Crippen LogP contribution is 2.27. The molecule has 0 spiro atoms. The van der Waals surface area contributed by atoms with E-state index in [9.17, 15) is 4.79 Å². The van der Waals surface area contributed by atoms with Gasteiger partial charge in [0.15, 0.2) is 0 Å². The number of benzene rings is 2. The molecule has 152 valence electrons. The Labute approximate surface area is 180 Å². The first-order chi connectivity index (χ1) is 13.6. The van der Waals surface area contributed by atoms with Crippen LogP contribution in [0, 0.1) is 0 Å². The van der Waals surface area contributed by atoms with Gasteiger partial charge in [-0.05, 0) is 29.8 Å². The van der Waals surface area contributed by atoms with Crippen LogP contribution in [-0.2, 0) is 11.2 Å². The van der Waals surface area contributed by atoms with E-state index in [1.54, 1.807) is 12.1 Å².